The van der Waals surface area contributed by atoms with Crippen LogP contribution in [0.2, 0.25) is 5.02 Å². The number of hydrogen-bond donors (Lipinski definition) is 2. The Kier molecular flexibility index (Phi) is 6.02. The summed E-state index contributed by atoms with van der Waals surface area (Å²) in [4.78, 5) is 24.1. The molecule has 1 saturated carbocycles. The highest BCUT2D eigenvalue weighted by atomic mass is 35.5. The van der Waals surface area contributed by atoms with Gasteiger partial charge in [-0.2, -0.15) is 0 Å². The number of sulfonamides is 1. The van der Waals surface area contributed by atoms with Crippen LogP contribution in [0.5, 0.6) is 0 Å². The van der Waals surface area contributed by atoms with E-state index in [0.29, 0.717) is 10.7 Å². The van der Waals surface area contributed by atoms with E-state index in [9.17, 15) is 18.0 Å². The molecule has 0 bridgehead atoms. The SMILES string of the molecule is Cc1ccc(NC(=O)COC(=O)c2ccc(S(=O)(=O)NC3CC3)cc2)cc1Cl. The van der Waals surface area contributed by atoms with Gasteiger partial charge in [0, 0.05) is 16.8 Å². The van der Waals surface area contributed by atoms with Gasteiger partial charge in [0.05, 0.1) is 10.5 Å². The Bertz CT molecular complexity index is 1000. The predicted molar refractivity (Wildman–Crippen MR) is 105 cm³/mol. The predicted octanol–water partition coefficient (Wildman–Crippen LogP) is 2.88. The average molecular weight is 423 g/mol. The van der Waals surface area contributed by atoms with Crippen LogP contribution in [0.3, 0.4) is 0 Å². The van der Waals surface area contributed by atoms with Crippen molar-refractivity contribution in [3.63, 3.8) is 0 Å². The first-order valence-electron chi connectivity index (χ1n) is 8.60. The number of rotatable bonds is 7. The first-order chi connectivity index (χ1) is 13.2. The molecule has 3 rings (SSSR count). The Morgan fingerprint density at radius 2 is 1.82 bits per heavy atom. The monoisotopic (exact) mass is 422 g/mol. The second-order valence-corrected chi connectivity index (χ2v) is 8.63. The number of carbonyl (C=O) groups excluding carboxylic acids is 2. The van der Waals surface area contributed by atoms with Crippen molar-refractivity contribution in [2.24, 2.45) is 0 Å². The van der Waals surface area contributed by atoms with Crippen molar-refractivity contribution < 1.29 is 22.7 Å². The van der Waals surface area contributed by atoms with E-state index in [1.54, 1.807) is 18.2 Å². The van der Waals surface area contributed by atoms with Crippen molar-refractivity contribution in [3.8, 4) is 0 Å². The second kappa shape index (κ2) is 8.30. The van der Waals surface area contributed by atoms with Crippen molar-refractivity contribution in [3.05, 3.63) is 58.6 Å². The number of benzene rings is 2. The summed E-state index contributed by atoms with van der Waals surface area (Å²) in [5.41, 5.74) is 1.52. The van der Waals surface area contributed by atoms with Crippen LogP contribution in [0.15, 0.2) is 47.4 Å². The average Bonchev–Trinajstić information content (AvgIpc) is 3.46. The number of amides is 1. The topological polar surface area (TPSA) is 102 Å². The molecule has 2 aromatic rings. The number of halogens is 1. The molecule has 2 N–H and O–H groups in total. The van der Waals surface area contributed by atoms with E-state index in [1.807, 2.05) is 6.92 Å². The molecule has 9 heteroatoms. The molecular formula is C19H19ClN2O5S. The summed E-state index contributed by atoms with van der Waals surface area (Å²) in [6, 6.07) is 10.4. The standard InChI is InChI=1S/C19H19ClN2O5S/c1-12-2-5-15(10-17(12)20)21-18(23)11-27-19(24)13-3-8-16(9-4-13)28(25,26)22-14-6-7-14/h2-5,8-10,14,22H,6-7,11H2,1H3,(H,21,23). The lowest BCUT2D eigenvalue weighted by atomic mass is 10.2. The maximum Gasteiger partial charge on any atom is 0.338 e. The molecular weight excluding hydrogens is 404 g/mol. The molecule has 1 fully saturated rings. The Balaban J connectivity index is 1.54. The van der Waals surface area contributed by atoms with Gasteiger partial charge in [-0.3, -0.25) is 4.79 Å². The molecule has 1 aliphatic rings. The normalized spacial score (nSPS) is 13.8. The second-order valence-electron chi connectivity index (χ2n) is 6.51. The Morgan fingerprint density at radius 1 is 1.14 bits per heavy atom. The minimum atomic E-state index is -3.58. The van der Waals surface area contributed by atoms with Gasteiger partial charge in [-0.15, -0.1) is 0 Å². The molecule has 0 radical (unpaired) electrons. The lowest BCUT2D eigenvalue weighted by molar-refractivity contribution is -0.119. The van der Waals surface area contributed by atoms with Crippen molar-refractivity contribution >= 4 is 39.2 Å². The highest BCUT2D eigenvalue weighted by molar-refractivity contribution is 7.89. The number of esters is 1. The molecule has 0 unspecified atom stereocenters. The molecule has 148 valence electrons. The fraction of sp³-hybridized carbons (Fsp3) is 0.263. The van der Waals surface area contributed by atoms with Crippen LogP contribution in [0.4, 0.5) is 5.69 Å². The number of carbonyl (C=O) groups is 2. The number of ether oxygens (including phenoxy) is 1. The van der Waals surface area contributed by atoms with E-state index in [4.69, 9.17) is 16.3 Å². The van der Waals surface area contributed by atoms with Crippen molar-refractivity contribution in [2.75, 3.05) is 11.9 Å². The van der Waals surface area contributed by atoms with E-state index in [1.165, 1.54) is 24.3 Å². The molecule has 1 amide bonds. The Hall–Kier alpha value is -2.42. The smallest absolute Gasteiger partial charge is 0.338 e. The molecule has 28 heavy (non-hydrogen) atoms. The largest absolute Gasteiger partial charge is 0.452 e. The zero-order valence-corrected chi connectivity index (χ0v) is 16.6. The fourth-order valence-electron chi connectivity index (χ4n) is 2.34. The van der Waals surface area contributed by atoms with Crippen LogP contribution in [0, 0.1) is 6.92 Å². The van der Waals surface area contributed by atoms with E-state index in [0.717, 1.165) is 18.4 Å². The molecule has 2 aromatic carbocycles. The van der Waals surface area contributed by atoms with E-state index < -0.39 is 28.5 Å². The van der Waals surface area contributed by atoms with Crippen LogP contribution >= 0.6 is 11.6 Å². The number of hydrogen-bond acceptors (Lipinski definition) is 5. The number of aryl methyl sites for hydroxylation is 1. The third kappa shape index (κ3) is 5.31. The van der Waals surface area contributed by atoms with Crippen LogP contribution in [-0.4, -0.2) is 32.9 Å². The summed E-state index contributed by atoms with van der Waals surface area (Å²) >= 11 is 6.00. The number of nitrogens with one attached hydrogen (secondary N) is 2. The molecule has 0 heterocycles. The molecule has 0 atom stereocenters. The Labute approximate surface area is 168 Å². The summed E-state index contributed by atoms with van der Waals surface area (Å²) in [7, 11) is -3.58. The van der Waals surface area contributed by atoms with Crippen molar-refractivity contribution in [2.45, 2.75) is 30.7 Å². The maximum absolute atomic E-state index is 12.1. The van der Waals surface area contributed by atoms with Gasteiger partial charge < -0.3 is 10.1 Å². The van der Waals surface area contributed by atoms with E-state index >= 15 is 0 Å². The highest BCUT2D eigenvalue weighted by Gasteiger charge is 2.28. The molecule has 1 aliphatic carbocycles. The van der Waals surface area contributed by atoms with Crippen LogP contribution in [0.1, 0.15) is 28.8 Å². The van der Waals surface area contributed by atoms with Gasteiger partial charge in [0.15, 0.2) is 6.61 Å². The molecule has 0 aromatic heterocycles. The third-order valence-corrected chi connectivity index (χ3v) is 6.03. The van der Waals surface area contributed by atoms with Gasteiger partial charge in [0.1, 0.15) is 0 Å². The lowest BCUT2D eigenvalue weighted by Crippen LogP contribution is -2.25. The maximum atomic E-state index is 12.1. The van der Waals surface area contributed by atoms with Gasteiger partial charge >= 0.3 is 5.97 Å². The van der Waals surface area contributed by atoms with Crippen molar-refractivity contribution in [1.29, 1.82) is 0 Å². The van der Waals surface area contributed by atoms with Crippen LogP contribution in [-0.2, 0) is 19.6 Å². The zero-order chi connectivity index (χ0) is 20.3. The molecule has 0 saturated heterocycles. The first-order valence-corrected chi connectivity index (χ1v) is 10.5. The van der Waals surface area contributed by atoms with Gasteiger partial charge in [0.25, 0.3) is 5.91 Å². The summed E-state index contributed by atoms with van der Waals surface area (Å²) in [5.74, 6) is -1.24. The van der Waals surface area contributed by atoms with Crippen LogP contribution in [0.25, 0.3) is 0 Å². The van der Waals surface area contributed by atoms with Gasteiger partial charge in [0.2, 0.25) is 10.0 Å². The van der Waals surface area contributed by atoms with E-state index in [2.05, 4.69) is 10.0 Å². The summed E-state index contributed by atoms with van der Waals surface area (Å²) in [5, 5.41) is 3.10. The highest BCUT2D eigenvalue weighted by Crippen LogP contribution is 2.22. The summed E-state index contributed by atoms with van der Waals surface area (Å²) in [6.45, 7) is 1.36. The first kappa shape index (κ1) is 20.3. The van der Waals surface area contributed by atoms with Gasteiger partial charge in [-0.1, -0.05) is 17.7 Å². The Morgan fingerprint density at radius 3 is 2.43 bits per heavy atom. The molecule has 0 spiro atoms. The fourth-order valence-corrected chi connectivity index (χ4v) is 3.83. The van der Waals surface area contributed by atoms with E-state index in [-0.39, 0.29) is 16.5 Å². The van der Waals surface area contributed by atoms with Gasteiger partial charge in [-0.25, -0.2) is 17.9 Å². The lowest BCUT2D eigenvalue weighted by Gasteiger charge is -2.09. The quantitative estimate of drug-likeness (QED) is 0.668. The third-order valence-electron chi connectivity index (χ3n) is 4.09. The molecule has 7 nitrogen and oxygen atoms in total. The van der Waals surface area contributed by atoms with Crippen molar-refractivity contribution in [1.82, 2.24) is 4.72 Å². The minimum absolute atomic E-state index is 0.00318. The molecule has 0 aliphatic heterocycles. The zero-order valence-electron chi connectivity index (χ0n) is 15.1. The summed E-state index contributed by atoms with van der Waals surface area (Å²) < 4.78 is 31.7. The van der Waals surface area contributed by atoms with Crippen LogP contribution < -0.4 is 10.0 Å². The van der Waals surface area contributed by atoms with Gasteiger partial charge in [-0.05, 0) is 61.7 Å². The number of anilines is 1. The minimum Gasteiger partial charge on any atom is -0.452 e. The summed E-state index contributed by atoms with van der Waals surface area (Å²) in [6.07, 6.45) is 1.67.